The Bertz CT molecular complexity index is 454. The Hall–Kier alpha value is -1.67. The van der Waals surface area contributed by atoms with Crippen LogP contribution in [0.15, 0.2) is 54.6 Å². The molecule has 0 saturated heterocycles. The van der Waals surface area contributed by atoms with Gasteiger partial charge in [-0.2, -0.15) is 0 Å². The molecule has 0 aliphatic carbocycles. The van der Waals surface area contributed by atoms with Crippen LogP contribution < -0.4 is 9.47 Å². The van der Waals surface area contributed by atoms with Gasteiger partial charge in [-0.1, -0.05) is 30.3 Å². The lowest BCUT2D eigenvalue weighted by molar-refractivity contribution is 0.217. The van der Waals surface area contributed by atoms with Gasteiger partial charge in [0.05, 0.1) is 0 Å². The molecule has 0 amide bonds. The molecule has 0 N–H and O–H groups in total. The Balaban J connectivity index is 1.72. The van der Waals surface area contributed by atoms with E-state index >= 15 is 0 Å². The maximum absolute atomic E-state index is 5.71. The molecule has 0 spiro atoms. The largest absolute Gasteiger partial charge is 0.490 e. The normalized spacial score (nSPS) is 10.1. The number of hydrogen-bond acceptors (Lipinski definition) is 2. The van der Waals surface area contributed by atoms with E-state index in [1.165, 1.54) is 0 Å². The molecule has 0 unspecified atom stereocenters. The van der Waals surface area contributed by atoms with E-state index in [9.17, 15) is 0 Å². The summed E-state index contributed by atoms with van der Waals surface area (Å²) in [6.45, 7) is 1.05. The van der Waals surface area contributed by atoms with Gasteiger partial charge in [-0.15, -0.1) is 11.6 Å². The summed E-state index contributed by atoms with van der Waals surface area (Å²) in [4.78, 5) is 0. The van der Waals surface area contributed by atoms with Gasteiger partial charge < -0.3 is 9.47 Å². The first kappa shape index (κ1) is 12.8. The van der Waals surface area contributed by atoms with E-state index in [2.05, 4.69) is 0 Å². The summed E-state index contributed by atoms with van der Waals surface area (Å²) in [6.07, 6.45) is 0. The Morgan fingerprint density at radius 2 is 1.28 bits per heavy atom. The van der Waals surface area contributed by atoms with Gasteiger partial charge in [-0.3, -0.25) is 0 Å². The molecule has 94 valence electrons. The first-order chi connectivity index (χ1) is 8.88. The summed E-state index contributed by atoms with van der Waals surface area (Å²) in [5.74, 6) is 2.22. The number of ether oxygens (including phenoxy) is 2. The summed E-state index contributed by atoms with van der Waals surface area (Å²) >= 11 is 5.71. The van der Waals surface area contributed by atoms with Gasteiger partial charge in [-0.25, -0.2) is 0 Å². The van der Waals surface area contributed by atoms with Crippen molar-refractivity contribution in [1.82, 2.24) is 0 Å². The predicted octanol–water partition coefficient (Wildman–Crippen LogP) is 3.88. The molecule has 0 saturated carbocycles. The van der Waals surface area contributed by atoms with Crippen LogP contribution in [0.3, 0.4) is 0 Å². The molecular weight excluding hydrogens is 248 g/mol. The summed E-state index contributed by atoms with van der Waals surface area (Å²) in [5, 5.41) is 0. The third-order valence-corrected chi connectivity index (χ3v) is 2.75. The van der Waals surface area contributed by atoms with E-state index in [1.54, 1.807) is 0 Å². The van der Waals surface area contributed by atoms with E-state index in [0.29, 0.717) is 19.1 Å². The molecule has 0 fully saturated rings. The van der Waals surface area contributed by atoms with Crippen LogP contribution in [0.2, 0.25) is 0 Å². The zero-order chi connectivity index (χ0) is 12.6. The van der Waals surface area contributed by atoms with Crippen LogP contribution >= 0.6 is 11.6 Å². The molecule has 2 aromatic rings. The molecule has 2 rings (SSSR count). The van der Waals surface area contributed by atoms with Crippen molar-refractivity contribution >= 4 is 11.6 Å². The summed E-state index contributed by atoms with van der Waals surface area (Å²) in [6, 6.07) is 17.5. The van der Waals surface area contributed by atoms with Crippen molar-refractivity contribution in [2.24, 2.45) is 0 Å². The van der Waals surface area contributed by atoms with E-state index in [4.69, 9.17) is 21.1 Å². The van der Waals surface area contributed by atoms with Crippen molar-refractivity contribution in [3.8, 4) is 11.5 Å². The van der Waals surface area contributed by atoms with Crippen LogP contribution in [0.25, 0.3) is 0 Å². The Morgan fingerprint density at radius 3 is 1.83 bits per heavy atom. The second-order valence-electron chi connectivity index (χ2n) is 3.79. The minimum atomic E-state index is 0.523. The number of hydrogen-bond donors (Lipinski definition) is 0. The molecule has 18 heavy (non-hydrogen) atoms. The van der Waals surface area contributed by atoms with E-state index in [0.717, 1.165) is 17.1 Å². The molecule has 0 bridgehead atoms. The van der Waals surface area contributed by atoms with Gasteiger partial charge >= 0.3 is 0 Å². The highest BCUT2D eigenvalue weighted by Gasteiger charge is 1.96. The highest BCUT2D eigenvalue weighted by atomic mass is 35.5. The quantitative estimate of drug-likeness (QED) is 0.581. The molecule has 0 aliphatic rings. The fourth-order valence-corrected chi connectivity index (χ4v) is 1.69. The average Bonchev–Trinajstić information content (AvgIpc) is 2.45. The maximum atomic E-state index is 5.71. The molecule has 0 radical (unpaired) electrons. The van der Waals surface area contributed by atoms with Crippen molar-refractivity contribution < 1.29 is 9.47 Å². The molecule has 2 nitrogen and oxygen atoms in total. The second kappa shape index (κ2) is 6.92. The zero-order valence-corrected chi connectivity index (χ0v) is 10.8. The highest BCUT2D eigenvalue weighted by Crippen LogP contribution is 2.13. The molecule has 0 aliphatic heterocycles. The molecule has 0 aromatic heterocycles. The van der Waals surface area contributed by atoms with Gasteiger partial charge in [0, 0.05) is 5.88 Å². The van der Waals surface area contributed by atoms with Gasteiger partial charge in [0.25, 0.3) is 0 Å². The Morgan fingerprint density at radius 1 is 0.722 bits per heavy atom. The first-order valence-corrected chi connectivity index (χ1v) is 6.37. The van der Waals surface area contributed by atoms with Crippen LogP contribution in [0.4, 0.5) is 0 Å². The van der Waals surface area contributed by atoms with E-state index < -0.39 is 0 Å². The topological polar surface area (TPSA) is 18.5 Å². The standard InChI is InChI=1S/C15H15ClO2/c16-12-13-6-8-15(9-7-13)18-11-10-17-14-4-2-1-3-5-14/h1-9H,10-12H2. The zero-order valence-electron chi connectivity index (χ0n) is 10.0. The van der Waals surface area contributed by atoms with Crippen LogP contribution in [-0.4, -0.2) is 13.2 Å². The lowest BCUT2D eigenvalue weighted by Crippen LogP contribution is -2.08. The molecule has 0 atom stereocenters. The number of halogens is 1. The molecule has 2 aromatic carbocycles. The van der Waals surface area contributed by atoms with E-state index in [-0.39, 0.29) is 0 Å². The fraction of sp³-hybridized carbons (Fsp3) is 0.200. The van der Waals surface area contributed by atoms with Crippen molar-refractivity contribution in [3.05, 3.63) is 60.2 Å². The molecule has 3 heteroatoms. The third kappa shape index (κ3) is 3.97. The summed E-state index contributed by atoms with van der Waals surface area (Å²) < 4.78 is 11.1. The molecule has 0 heterocycles. The predicted molar refractivity (Wildman–Crippen MR) is 73.4 cm³/mol. The van der Waals surface area contributed by atoms with Crippen molar-refractivity contribution in [1.29, 1.82) is 0 Å². The monoisotopic (exact) mass is 262 g/mol. The fourth-order valence-electron chi connectivity index (χ4n) is 1.51. The lowest BCUT2D eigenvalue weighted by Gasteiger charge is -2.08. The minimum absolute atomic E-state index is 0.523. The first-order valence-electron chi connectivity index (χ1n) is 5.84. The van der Waals surface area contributed by atoms with Crippen LogP contribution in [0.1, 0.15) is 5.56 Å². The SMILES string of the molecule is ClCc1ccc(OCCOc2ccccc2)cc1. The maximum Gasteiger partial charge on any atom is 0.122 e. The van der Waals surface area contributed by atoms with Gasteiger partial charge in [0.2, 0.25) is 0 Å². The van der Waals surface area contributed by atoms with Gasteiger partial charge in [0.1, 0.15) is 24.7 Å². The Labute approximate surface area is 112 Å². The molecular formula is C15H15ClO2. The minimum Gasteiger partial charge on any atom is -0.490 e. The average molecular weight is 263 g/mol. The van der Waals surface area contributed by atoms with Gasteiger partial charge in [-0.05, 0) is 29.8 Å². The smallest absolute Gasteiger partial charge is 0.122 e. The van der Waals surface area contributed by atoms with Crippen molar-refractivity contribution in [2.45, 2.75) is 5.88 Å². The number of benzene rings is 2. The Kier molecular flexibility index (Phi) is 4.91. The second-order valence-corrected chi connectivity index (χ2v) is 4.05. The van der Waals surface area contributed by atoms with Crippen LogP contribution in [-0.2, 0) is 5.88 Å². The van der Waals surface area contributed by atoms with Crippen molar-refractivity contribution in [2.75, 3.05) is 13.2 Å². The number of rotatable bonds is 6. The highest BCUT2D eigenvalue weighted by molar-refractivity contribution is 6.17. The van der Waals surface area contributed by atoms with Gasteiger partial charge in [0.15, 0.2) is 0 Å². The third-order valence-electron chi connectivity index (χ3n) is 2.44. The van der Waals surface area contributed by atoms with Crippen LogP contribution in [0.5, 0.6) is 11.5 Å². The van der Waals surface area contributed by atoms with E-state index in [1.807, 2.05) is 54.6 Å². The summed E-state index contributed by atoms with van der Waals surface area (Å²) in [5.41, 5.74) is 1.09. The summed E-state index contributed by atoms with van der Waals surface area (Å²) in [7, 11) is 0. The van der Waals surface area contributed by atoms with Crippen LogP contribution in [0, 0.1) is 0 Å². The van der Waals surface area contributed by atoms with Crippen molar-refractivity contribution in [3.63, 3.8) is 0 Å². The number of alkyl halides is 1. The number of para-hydroxylation sites is 1. The lowest BCUT2D eigenvalue weighted by atomic mass is 10.2.